The van der Waals surface area contributed by atoms with E-state index in [2.05, 4.69) is 9.97 Å². The van der Waals surface area contributed by atoms with Gasteiger partial charge in [-0.2, -0.15) is 0 Å². The van der Waals surface area contributed by atoms with Crippen LogP contribution in [0.15, 0.2) is 24.3 Å². The first-order valence-corrected chi connectivity index (χ1v) is 10.1. The number of anilines is 1. The van der Waals surface area contributed by atoms with Crippen molar-refractivity contribution < 1.29 is 14.6 Å². The first kappa shape index (κ1) is 20.9. The van der Waals surface area contributed by atoms with Gasteiger partial charge >= 0.3 is 6.09 Å². The smallest absolute Gasteiger partial charge is 0.410 e. The highest BCUT2D eigenvalue weighted by atomic mass is 16.6. The molecule has 1 aliphatic heterocycles. The van der Waals surface area contributed by atoms with Gasteiger partial charge in [0, 0.05) is 24.6 Å². The number of nitrogen functional groups attached to an aromatic ring is 1. The zero-order valence-electron chi connectivity index (χ0n) is 17.6. The van der Waals surface area contributed by atoms with Crippen LogP contribution in [0.5, 0.6) is 5.75 Å². The van der Waals surface area contributed by atoms with Crippen LogP contribution in [0.25, 0.3) is 11.3 Å². The van der Waals surface area contributed by atoms with E-state index in [1.165, 1.54) is 0 Å². The third-order valence-corrected chi connectivity index (χ3v) is 5.02. The highest BCUT2D eigenvalue weighted by Gasteiger charge is 2.29. The van der Waals surface area contributed by atoms with E-state index in [9.17, 15) is 9.90 Å². The molecule has 1 saturated heterocycles. The predicted octanol–water partition coefficient (Wildman–Crippen LogP) is 4.11. The SMILES string of the molecule is CCc1cccc(O)c1-c1cc(C2CCCN(C(=O)OC(C)(C)C)C2)nc(N)n1. The Kier molecular flexibility index (Phi) is 5.96. The van der Waals surface area contributed by atoms with Crippen molar-refractivity contribution in [2.75, 3.05) is 18.8 Å². The van der Waals surface area contributed by atoms with E-state index in [1.54, 1.807) is 11.0 Å². The molecular formula is C22H30N4O3. The molecule has 1 amide bonds. The van der Waals surface area contributed by atoms with Gasteiger partial charge in [-0.05, 0) is 57.7 Å². The van der Waals surface area contributed by atoms with Crippen molar-refractivity contribution in [2.24, 2.45) is 0 Å². The maximum absolute atomic E-state index is 12.5. The number of carbonyl (C=O) groups is 1. The second kappa shape index (κ2) is 8.27. The Morgan fingerprint density at radius 3 is 2.79 bits per heavy atom. The number of likely N-dealkylation sites (tertiary alicyclic amines) is 1. The Balaban J connectivity index is 1.90. The fourth-order valence-corrected chi connectivity index (χ4v) is 3.71. The maximum Gasteiger partial charge on any atom is 0.410 e. The zero-order chi connectivity index (χ0) is 21.2. The zero-order valence-corrected chi connectivity index (χ0v) is 17.6. The molecule has 2 aromatic rings. The molecule has 0 saturated carbocycles. The van der Waals surface area contributed by atoms with Gasteiger partial charge < -0.3 is 20.5 Å². The standard InChI is InChI=1S/C22H30N4O3/c1-5-14-8-6-10-18(27)19(14)17-12-16(24-20(23)25-17)15-9-7-11-26(13-15)21(28)29-22(2,3)4/h6,8,10,12,15,27H,5,7,9,11,13H2,1-4H3,(H2,23,24,25). The number of ether oxygens (including phenoxy) is 1. The normalized spacial score (nSPS) is 17.2. The molecule has 7 heteroatoms. The number of carbonyl (C=O) groups excluding carboxylic acids is 1. The van der Waals surface area contributed by atoms with Crippen molar-refractivity contribution in [2.45, 2.75) is 58.5 Å². The third-order valence-electron chi connectivity index (χ3n) is 5.02. The largest absolute Gasteiger partial charge is 0.507 e. The average molecular weight is 399 g/mol. The summed E-state index contributed by atoms with van der Waals surface area (Å²) in [6, 6.07) is 7.33. The second-order valence-corrected chi connectivity index (χ2v) is 8.47. The van der Waals surface area contributed by atoms with Crippen molar-refractivity contribution in [1.29, 1.82) is 0 Å². The lowest BCUT2D eigenvalue weighted by molar-refractivity contribution is 0.0197. The molecule has 1 atom stereocenters. The molecule has 3 N–H and O–H groups in total. The van der Waals surface area contributed by atoms with E-state index in [4.69, 9.17) is 10.5 Å². The van der Waals surface area contributed by atoms with E-state index >= 15 is 0 Å². The number of aromatic nitrogens is 2. The fourth-order valence-electron chi connectivity index (χ4n) is 3.71. The highest BCUT2D eigenvalue weighted by Crippen LogP contribution is 2.35. The summed E-state index contributed by atoms with van der Waals surface area (Å²) in [6.07, 6.45) is 2.22. The molecule has 7 nitrogen and oxygen atoms in total. The Morgan fingerprint density at radius 2 is 2.10 bits per heavy atom. The van der Waals surface area contributed by atoms with Crippen LogP contribution in [-0.2, 0) is 11.2 Å². The quantitative estimate of drug-likeness (QED) is 0.807. The monoisotopic (exact) mass is 398 g/mol. The molecule has 1 unspecified atom stereocenters. The van der Waals surface area contributed by atoms with Crippen LogP contribution >= 0.6 is 0 Å². The Labute approximate surface area is 171 Å². The highest BCUT2D eigenvalue weighted by molar-refractivity contribution is 5.72. The molecule has 1 aromatic heterocycles. The summed E-state index contributed by atoms with van der Waals surface area (Å²) in [5, 5.41) is 10.4. The molecular weight excluding hydrogens is 368 g/mol. The number of nitrogens with two attached hydrogens (primary N) is 1. The number of phenols is 1. The molecule has 1 aliphatic rings. The summed E-state index contributed by atoms with van der Waals surface area (Å²) in [5.74, 6) is 0.376. The number of amides is 1. The van der Waals surface area contributed by atoms with Crippen LogP contribution in [0, 0.1) is 0 Å². The summed E-state index contributed by atoms with van der Waals surface area (Å²) < 4.78 is 5.52. The fraction of sp³-hybridized carbons (Fsp3) is 0.500. The summed E-state index contributed by atoms with van der Waals surface area (Å²) in [7, 11) is 0. The van der Waals surface area contributed by atoms with Crippen molar-refractivity contribution >= 4 is 12.0 Å². The van der Waals surface area contributed by atoms with Crippen molar-refractivity contribution in [3.63, 3.8) is 0 Å². The molecule has 2 heterocycles. The van der Waals surface area contributed by atoms with Gasteiger partial charge in [0.15, 0.2) is 0 Å². The van der Waals surface area contributed by atoms with Crippen molar-refractivity contribution in [3.05, 3.63) is 35.5 Å². The van der Waals surface area contributed by atoms with Crippen molar-refractivity contribution in [3.8, 4) is 17.0 Å². The van der Waals surface area contributed by atoms with Gasteiger partial charge in [-0.1, -0.05) is 19.1 Å². The molecule has 29 heavy (non-hydrogen) atoms. The maximum atomic E-state index is 12.5. The van der Waals surface area contributed by atoms with E-state index in [1.807, 2.05) is 45.9 Å². The lowest BCUT2D eigenvalue weighted by Crippen LogP contribution is -2.42. The number of piperidine rings is 1. The van der Waals surface area contributed by atoms with Crippen LogP contribution in [0.4, 0.5) is 10.7 Å². The molecule has 0 bridgehead atoms. The third kappa shape index (κ3) is 4.96. The van der Waals surface area contributed by atoms with E-state index < -0.39 is 5.60 Å². The minimum atomic E-state index is -0.530. The van der Waals surface area contributed by atoms with Crippen LogP contribution in [0.1, 0.15) is 57.7 Å². The summed E-state index contributed by atoms with van der Waals surface area (Å²) in [6.45, 7) is 8.80. The molecule has 156 valence electrons. The number of hydrogen-bond donors (Lipinski definition) is 2. The average Bonchev–Trinajstić information content (AvgIpc) is 2.66. The lowest BCUT2D eigenvalue weighted by atomic mass is 9.93. The summed E-state index contributed by atoms with van der Waals surface area (Å²) >= 11 is 0. The molecule has 3 rings (SSSR count). The summed E-state index contributed by atoms with van der Waals surface area (Å²) in [5.41, 5.74) is 8.55. The van der Waals surface area contributed by atoms with Gasteiger partial charge in [-0.3, -0.25) is 0 Å². The van der Waals surface area contributed by atoms with Gasteiger partial charge in [0.2, 0.25) is 5.95 Å². The summed E-state index contributed by atoms with van der Waals surface area (Å²) in [4.78, 5) is 23.0. The van der Waals surface area contributed by atoms with Gasteiger partial charge in [0.05, 0.1) is 11.4 Å². The predicted molar refractivity (Wildman–Crippen MR) is 113 cm³/mol. The molecule has 0 radical (unpaired) electrons. The number of aryl methyl sites for hydroxylation is 1. The van der Waals surface area contributed by atoms with E-state index in [0.717, 1.165) is 30.5 Å². The number of nitrogens with zero attached hydrogens (tertiary/aromatic N) is 3. The first-order valence-electron chi connectivity index (χ1n) is 10.1. The van der Waals surface area contributed by atoms with Crippen LogP contribution in [0.2, 0.25) is 0 Å². The minimum Gasteiger partial charge on any atom is -0.507 e. The topological polar surface area (TPSA) is 102 Å². The number of phenolic OH excluding ortho intramolecular Hbond substituents is 1. The number of hydrogen-bond acceptors (Lipinski definition) is 6. The van der Waals surface area contributed by atoms with Crippen molar-refractivity contribution in [1.82, 2.24) is 14.9 Å². The Bertz CT molecular complexity index is 892. The van der Waals surface area contributed by atoms with Gasteiger partial charge in [0.1, 0.15) is 11.4 Å². The lowest BCUT2D eigenvalue weighted by Gasteiger charge is -2.34. The first-order chi connectivity index (χ1) is 13.7. The molecule has 1 aromatic carbocycles. The molecule has 1 fully saturated rings. The number of aromatic hydroxyl groups is 1. The van der Waals surface area contributed by atoms with E-state index in [-0.39, 0.29) is 23.7 Å². The van der Waals surface area contributed by atoms with Gasteiger partial charge in [-0.15, -0.1) is 0 Å². The number of benzene rings is 1. The second-order valence-electron chi connectivity index (χ2n) is 8.47. The Morgan fingerprint density at radius 1 is 1.34 bits per heavy atom. The van der Waals surface area contributed by atoms with Crippen LogP contribution in [0.3, 0.4) is 0 Å². The van der Waals surface area contributed by atoms with Crippen LogP contribution in [-0.4, -0.2) is 44.8 Å². The molecule has 0 spiro atoms. The van der Waals surface area contributed by atoms with Crippen LogP contribution < -0.4 is 5.73 Å². The van der Waals surface area contributed by atoms with E-state index in [0.29, 0.717) is 24.3 Å². The molecule has 0 aliphatic carbocycles. The number of rotatable bonds is 3. The minimum absolute atomic E-state index is 0.0382. The Hall–Kier alpha value is -2.83. The van der Waals surface area contributed by atoms with Gasteiger partial charge in [0.25, 0.3) is 0 Å². The van der Waals surface area contributed by atoms with Gasteiger partial charge in [-0.25, -0.2) is 14.8 Å².